The molecule has 0 fully saturated rings. The van der Waals surface area contributed by atoms with Gasteiger partial charge in [-0.3, -0.25) is 4.79 Å². The number of carboxylic acids is 1. The van der Waals surface area contributed by atoms with E-state index in [0.29, 0.717) is 6.42 Å². The monoisotopic (exact) mass is 230 g/mol. The van der Waals surface area contributed by atoms with Crippen molar-refractivity contribution in [1.82, 2.24) is 10.6 Å². The molecule has 0 unspecified atom stereocenters. The predicted octanol–water partition coefficient (Wildman–Crippen LogP) is 0.744. The van der Waals surface area contributed by atoms with Crippen LogP contribution in [0.1, 0.15) is 40.0 Å². The van der Waals surface area contributed by atoms with Crippen molar-refractivity contribution in [3.05, 3.63) is 0 Å². The molecule has 0 saturated carbocycles. The molecule has 0 aliphatic heterocycles. The van der Waals surface area contributed by atoms with E-state index < -0.39 is 12.0 Å². The lowest BCUT2D eigenvalue weighted by Gasteiger charge is -2.15. The van der Waals surface area contributed by atoms with Crippen molar-refractivity contribution in [3.8, 4) is 0 Å². The van der Waals surface area contributed by atoms with Gasteiger partial charge >= 0.3 is 5.97 Å². The summed E-state index contributed by atoms with van der Waals surface area (Å²) < 4.78 is 0. The summed E-state index contributed by atoms with van der Waals surface area (Å²) in [6.07, 6.45) is 2.21. The highest BCUT2D eigenvalue weighted by molar-refractivity contribution is 5.84. The first-order valence-corrected chi connectivity index (χ1v) is 5.73. The summed E-state index contributed by atoms with van der Waals surface area (Å²) in [6.45, 7) is 6.01. The molecule has 0 aliphatic rings. The van der Waals surface area contributed by atoms with Gasteiger partial charge in [-0.15, -0.1) is 0 Å². The first-order valence-electron chi connectivity index (χ1n) is 5.73. The number of unbranched alkanes of at least 4 members (excludes halogenated alkanes) is 1. The fraction of sp³-hybridized carbons (Fsp3) is 0.818. The Balaban J connectivity index is 3.98. The topological polar surface area (TPSA) is 78.4 Å². The van der Waals surface area contributed by atoms with Gasteiger partial charge in [-0.2, -0.15) is 0 Å². The number of rotatable bonds is 8. The van der Waals surface area contributed by atoms with Crippen LogP contribution in [0.5, 0.6) is 0 Å². The van der Waals surface area contributed by atoms with Gasteiger partial charge in [0.25, 0.3) is 0 Å². The molecule has 16 heavy (non-hydrogen) atoms. The first kappa shape index (κ1) is 14.9. The van der Waals surface area contributed by atoms with Crippen LogP contribution >= 0.6 is 0 Å². The first-order chi connectivity index (χ1) is 7.47. The minimum absolute atomic E-state index is 0.160. The van der Waals surface area contributed by atoms with E-state index in [2.05, 4.69) is 10.6 Å². The van der Waals surface area contributed by atoms with Crippen molar-refractivity contribution in [3.63, 3.8) is 0 Å². The SMILES string of the molecule is CCCC[C@H](NC(=O)CNC(C)C)C(=O)O. The number of hydrogen-bond donors (Lipinski definition) is 3. The number of aliphatic carboxylic acids is 1. The molecule has 0 aromatic rings. The Morgan fingerprint density at radius 1 is 1.31 bits per heavy atom. The van der Waals surface area contributed by atoms with Gasteiger partial charge in [-0.25, -0.2) is 4.79 Å². The zero-order valence-electron chi connectivity index (χ0n) is 10.2. The van der Waals surface area contributed by atoms with Crippen LogP contribution in [0, 0.1) is 0 Å². The maximum atomic E-state index is 11.4. The number of hydrogen-bond acceptors (Lipinski definition) is 3. The summed E-state index contributed by atoms with van der Waals surface area (Å²) in [6, 6.07) is -0.550. The maximum Gasteiger partial charge on any atom is 0.326 e. The molecule has 0 aliphatic carbocycles. The smallest absolute Gasteiger partial charge is 0.326 e. The van der Waals surface area contributed by atoms with Gasteiger partial charge in [0.1, 0.15) is 6.04 Å². The van der Waals surface area contributed by atoms with Crippen LogP contribution in [0.2, 0.25) is 0 Å². The Kier molecular flexibility index (Phi) is 7.54. The van der Waals surface area contributed by atoms with Gasteiger partial charge in [0, 0.05) is 6.04 Å². The molecule has 3 N–H and O–H groups in total. The zero-order valence-corrected chi connectivity index (χ0v) is 10.2. The Bertz CT molecular complexity index is 229. The van der Waals surface area contributed by atoms with Crippen molar-refractivity contribution in [2.75, 3.05) is 6.54 Å². The highest BCUT2D eigenvalue weighted by atomic mass is 16.4. The van der Waals surface area contributed by atoms with Gasteiger partial charge in [0.05, 0.1) is 6.54 Å². The third-order valence-corrected chi connectivity index (χ3v) is 2.15. The summed E-state index contributed by atoms with van der Waals surface area (Å²) in [5.41, 5.74) is 0. The number of carboxylic acid groups (broad SMARTS) is 1. The summed E-state index contributed by atoms with van der Waals surface area (Å²) in [7, 11) is 0. The second-order valence-corrected chi connectivity index (χ2v) is 4.14. The van der Waals surface area contributed by atoms with E-state index in [1.807, 2.05) is 20.8 Å². The predicted molar refractivity (Wildman–Crippen MR) is 62.2 cm³/mol. The van der Waals surface area contributed by atoms with Crippen molar-refractivity contribution >= 4 is 11.9 Å². The Hall–Kier alpha value is -1.10. The Labute approximate surface area is 96.6 Å². The van der Waals surface area contributed by atoms with Crippen LogP contribution in [0.25, 0.3) is 0 Å². The number of carbonyl (C=O) groups is 2. The molecule has 0 aromatic carbocycles. The van der Waals surface area contributed by atoms with Crippen LogP contribution in [-0.2, 0) is 9.59 Å². The number of nitrogens with one attached hydrogen (secondary N) is 2. The quantitative estimate of drug-likeness (QED) is 0.575. The van der Waals surface area contributed by atoms with E-state index in [0.717, 1.165) is 12.8 Å². The highest BCUT2D eigenvalue weighted by Crippen LogP contribution is 2.00. The average Bonchev–Trinajstić information content (AvgIpc) is 2.20. The molecule has 0 spiro atoms. The highest BCUT2D eigenvalue weighted by Gasteiger charge is 2.18. The maximum absolute atomic E-state index is 11.4. The summed E-state index contributed by atoms with van der Waals surface area (Å²) in [5, 5.41) is 14.3. The Morgan fingerprint density at radius 3 is 2.38 bits per heavy atom. The molecular formula is C11H22N2O3. The molecule has 5 nitrogen and oxygen atoms in total. The van der Waals surface area contributed by atoms with Crippen molar-refractivity contribution in [1.29, 1.82) is 0 Å². The van der Waals surface area contributed by atoms with E-state index in [9.17, 15) is 9.59 Å². The second kappa shape index (κ2) is 8.10. The molecule has 0 radical (unpaired) electrons. The van der Waals surface area contributed by atoms with Crippen LogP contribution in [0.4, 0.5) is 0 Å². The fourth-order valence-electron chi connectivity index (χ4n) is 1.21. The van der Waals surface area contributed by atoms with Crippen molar-refractivity contribution < 1.29 is 14.7 Å². The minimum atomic E-state index is -0.966. The molecule has 0 bridgehead atoms. The molecule has 5 heteroatoms. The second-order valence-electron chi connectivity index (χ2n) is 4.14. The molecule has 1 atom stereocenters. The van der Waals surface area contributed by atoms with Gasteiger partial charge in [-0.1, -0.05) is 33.6 Å². The normalized spacial score (nSPS) is 12.5. The molecule has 1 amide bonds. The van der Waals surface area contributed by atoms with Gasteiger partial charge in [0.2, 0.25) is 5.91 Å². The standard InChI is InChI=1S/C11H22N2O3/c1-4-5-6-9(11(15)16)13-10(14)7-12-8(2)3/h8-9,12H,4-7H2,1-3H3,(H,13,14)(H,15,16)/t9-/m0/s1. The lowest BCUT2D eigenvalue weighted by atomic mass is 10.1. The van der Waals surface area contributed by atoms with Crippen LogP contribution in [0.3, 0.4) is 0 Å². The lowest BCUT2D eigenvalue weighted by molar-refractivity contribution is -0.141. The summed E-state index contributed by atoms with van der Waals surface area (Å²) >= 11 is 0. The van der Waals surface area contributed by atoms with Gasteiger partial charge in [0.15, 0.2) is 0 Å². The van der Waals surface area contributed by atoms with Gasteiger partial charge in [-0.05, 0) is 6.42 Å². The van der Waals surface area contributed by atoms with Crippen LogP contribution < -0.4 is 10.6 Å². The van der Waals surface area contributed by atoms with Crippen molar-refractivity contribution in [2.45, 2.75) is 52.1 Å². The molecule has 94 valence electrons. The van der Waals surface area contributed by atoms with E-state index in [1.165, 1.54) is 0 Å². The largest absolute Gasteiger partial charge is 0.480 e. The molecular weight excluding hydrogens is 208 g/mol. The van der Waals surface area contributed by atoms with Crippen LogP contribution in [-0.4, -0.2) is 35.6 Å². The van der Waals surface area contributed by atoms with Crippen LogP contribution in [0.15, 0.2) is 0 Å². The van der Waals surface area contributed by atoms with E-state index in [-0.39, 0.29) is 18.5 Å². The third kappa shape index (κ3) is 7.23. The number of amides is 1. The summed E-state index contributed by atoms with van der Waals surface area (Å²) in [5.74, 6) is -1.23. The average molecular weight is 230 g/mol. The zero-order chi connectivity index (χ0) is 12.6. The number of carbonyl (C=O) groups excluding carboxylic acids is 1. The summed E-state index contributed by atoms with van der Waals surface area (Å²) in [4.78, 5) is 22.2. The molecule has 0 rings (SSSR count). The van der Waals surface area contributed by atoms with E-state index >= 15 is 0 Å². The van der Waals surface area contributed by atoms with Crippen molar-refractivity contribution in [2.24, 2.45) is 0 Å². The molecule has 0 saturated heterocycles. The fourth-order valence-corrected chi connectivity index (χ4v) is 1.21. The lowest BCUT2D eigenvalue weighted by Crippen LogP contribution is -2.45. The Morgan fingerprint density at radius 2 is 1.94 bits per heavy atom. The van der Waals surface area contributed by atoms with E-state index in [4.69, 9.17) is 5.11 Å². The van der Waals surface area contributed by atoms with E-state index in [1.54, 1.807) is 0 Å². The van der Waals surface area contributed by atoms with Gasteiger partial charge < -0.3 is 15.7 Å². The molecule has 0 aromatic heterocycles. The third-order valence-electron chi connectivity index (χ3n) is 2.15. The minimum Gasteiger partial charge on any atom is -0.480 e. The molecule has 0 heterocycles.